The molecule has 0 atom stereocenters. The van der Waals surface area contributed by atoms with Crippen LogP contribution in [0.1, 0.15) is 35.6 Å². The second-order valence-corrected chi connectivity index (χ2v) is 7.00. The van der Waals surface area contributed by atoms with Crippen LogP contribution >= 0.6 is 0 Å². The molecule has 0 unspecified atom stereocenters. The maximum atomic E-state index is 13.1. The highest BCUT2D eigenvalue weighted by Gasteiger charge is 2.25. The number of hydrazone groups is 1. The monoisotopic (exact) mass is 433 g/mol. The first-order valence-corrected chi connectivity index (χ1v) is 10.2. The summed E-state index contributed by atoms with van der Waals surface area (Å²) in [5, 5.41) is 21.8. The van der Waals surface area contributed by atoms with Crippen molar-refractivity contribution in [2.75, 3.05) is 18.8 Å². The fourth-order valence-electron chi connectivity index (χ4n) is 3.37. The topological polar surface area (TPSA) is 140 Å². The van der Waals surface area contributed by atoms with Gasteiger partial charge in [0, 0.05) is 12.1 Å². The lowest BCUT2D eigenvalue weighted by atomic mass is 10.1. The van der Waals surface area contributed by atoms with Crippen molar-refractivity contribution in [3.63, 3.8) is 0 Å². The Balaban J connectivity index is 1.63. The summed E-state index contributed by atoms with van der Waals surface area (Å²) in [5.74, 6) is -0.417. The summed E-state index contributed by atoms with van der Waals surface area (Å²) in [7, 11) is 0. The molecule has 32 heavy (non-hydrogen) atoms. The maximum Gasteiger partial charge on any atom is 0.292 e. The van der Waals surface area contributed by atoms with Crippen molar-refractivity contribution in [2.24, 2.45) is 5.10 Å². The highest BCUT2D eigenvalue weighted by atomic mass is 16.6. The zero-order chi connectivity index (χ0) is 22.5. The average molecular weight is 433 g/mol. The summed E-state index contributed by atoms with van der Waals surface area (Å²) < 4.78 is 5.88. The molecule has 0 saturated carbocycles. The summed E-state index contributed by atoms with van der Waals surface area (Å²) in [5.41, 5.74) is 9.87. The highest BCUT2D eigenvalue weighted by molar-refractivity contribution is 6.00. The van der Waals surface area contributed by atoms with Crippen LogP contribution in [0.3, 0.4) is 0 Å². The van der Waals surface area contributed by atoms with E-state index in [4.69, 9.17) is 5.73 Å². The van der Waals surface area contributed by atoms with E-state index in [9.17, 15) is 4.79 Å². The molecule has 0 spiro atoms. The van der Waals surface area contributed by atoms with Crippen molar-refractivity contribution >= 4 is 28.7 Å². The largest absolute Gasteiger partial charge is 0.378 e. The molecule has 0 aliphatic heterocycles. The number of nitrogens with zero attached hydrogens (tertiary/aromatic N) is 7. The Labute approximate surface area is 183 Å². The number of aromatic nitrogens is 5. The molecule has 3 N–H and O–H groups in total. The minimum Gasteiger partial charge on any atom is -0.378 e. The number of hydrogen-bond acceptors (Lipinski definition) is 9. The van der Waals surface area contributed by atoms with Crippen LogP contribution in [-0.4, -0.2) is 55.4 Å². The predicted molar refractivity (Wildman–Crippen MR) is 119 cm³/mol. The minimum absolute atomic E-state index is 0.00223. The molecule has 11 heteroatoms. The van der Waals surface area contributed by atoms with Crippen LogP contribution < -0.4 is 11.2 Å². The standard InChI is InChI=1S/C21H23N9O2/c1-3-29(4-2)13-17-18(30(28-24-17)20-19(22)26-32-27-20)21(31)25-23-12-15-10-7-9-14-8-5-6-11-16(14)15/h5-12H,3-4,13H2,1-2H3,(H2,22,26)(H,25,31). The summed E-state index contributed by atoms with van der Waals surface area (Å²) in [4.78, 5) is 15.2. The molecule has 11 nitrogen and oxygen atoms in total. The Kier molecular flexibility index (Phi) is 6.17. The molecule has 4 aromatic rings. The van der Waals surface area contributed by atoms with Crippen LogP contribution in [-0.2, 0) is 6.54 Å². The van der Waals surface area contributed by atoms with Gasteiger partial charge in [0.2, 0.25) is 11.6 Å². The maximum absolute atomic E-state index is 13.1. The van der Waals surface area contributed by atoms with E-state index < -0.39 is 5.91 Å². The van der Waals surface area contributed by atoms with E-state index in [-0.39, 0.29) is 17.3 Å². The third kappa shape index (κ3) is 4.18. The molecular weight excluding hydrogens is 410 g/mol. The Morgan fingerprint density at radius 3 is 2.72 bits per heavy atom. The van der Waals surface area contributed by atoms with Crippen LogP contribution in [0.5, 0.6) is 0 Å². The quantitative estimate of drug-likeness (QED) is 0.317. The Morgan fingerprint density at radius 1 is 1.19 bits per heavy atom. The first-order chi connectivity index (χ1) is 15.6. The molecule has 2 aromatic heterocycles. The second kappa shape index (κ2) is 9.35. The van der Waals surface area contributed by atoms with Gasteiger partial charge in [0.25, 0.3) is 5.91 Å². The lowest BCUT2D eigenvalue weighted by molar-refractivity contribution is 0.0945. The molecule has 1 amide bonds. The number of benzene rings is 2. The van der Waals surface area contributed by atoms with Crippen LogP contribution in [0.2, 0.25) is 0 Å². The van der Waals surface area contributed by atoms with Crippen LogP contribution in [0.15, 0.2) is 52.2 Å². The molecule has 0 bridgehead atoms. The summed E-state index contributed by atoms with van der Waals surface area (Å²) in [6.07, 6.45) is 1.60. The first kappa shape index (κ1) is 21.1. The van der Waals surface area contributed by atoms with E-state index in [1.54, 1.807) is 6.21 Å². The Bertz CT molecular complexity index is 1250. The zero-order valence-corrected chi connectivity index (χ0v) is 17.8. The van der Waals surface area contributed by atoms with Crippen molar-refractivity contribution in [2.45, 2.75) is 20.4 Å². The van der Waals surface area contributed by atoms with Gasteiger partial charge in [-0.3, -0.25) is 9.69 Å². The molecule has 164 valence electrons. The van der Waals surface area contributed by atoms with Crippen molar-refractivity contribution in [3.8, 4) is 5.82 Å². The molecule has 2 heterocycles. The molecule has 0 saturated heterocycles. The van der Waals surface area contributed by atoms with Crippen molar-refractivity contribution in [3.05, 3.63) is 59.4 Å². The number of fused-ring (bicyclic) bond motifs is 1. The van der Waals surface area contributed by atoms with Crippen molar-refractivity contribution < 1.29 is 9.42 Å². The van der Waals surface area contributed by atoms with Crippen LogP contribution in [0, 0.1) is 0 Å². The van der Waals surface area contributed by atoms with Gasteiger partial charge in [0.1, 0.15) is 5.69 Å². The molecule has 0 fully saturated rings. The smallest absolute Gasteiger partial charge is 0.292 e. The number of rotatable bonds is 8. The van der Waals surface area contributed by atoms with E-state index in [0.717, 1.165) is 29.4 Å². The number of nitrogens with two attached hydrogens (primary N) is 1. The number of carbonyl (C=O) groups is 1. The number of carbonyl (C=O) groups excluding carboxylic acids is 1. The molecular formula is C21H23N9O2. The Morgan fingerprint density at radius 2 is 1.97 bits per heavy atom. The van der Waals surface area contributed by atoms with E-state index in [0.29, 0.717) is 12.2 Å². The normalized spacial score (nSPS) is 11.6. The van der Waals surface area contributed by atoms with E-state index in [2.05, 4.69) is 40.7 Å². The summed E-state index contributed by atoms with van der Waals surface area (Å²) in [6.45, 7) is 6.06. The van der Waals surface area contributed by atoms with Gasteiger partial charge < -0.3 is 5.73 Å². The third-order valence-corrected chi connectivity index (χ3v) is 5.11. The molecule has 0 aliphatic rings. The fourth-order valence-corrected chi connectivity index (χ4v) is 3.37. The van der Waals surface area contributed by atoms with Crippen LogP contribution in [0.25, 0.3) is 16.6 Å². The first-order valence-electron chi connectivity index (χ1n) is 10.2. The lowest BCUT2D eigenvalue weighted by Gasteiger charge is -2.16. The summed E-state index contributed by atoms with van der Waals surface area (Å²) in [6, 6.07) is 13.8. The number of nitrogens with one attached hydrogen (secondary N) is 1. The molecule has 0 radical (unpaired) electrons. The van der Waals surface area contributed by atoms with Gasteiger partial charge in [-0.05, 0) is 34.2 Å². The molecule has 0 aliphatic carbocycles. The van der Waals surface area contributed by atoms with Gasteiger partial charge in [-0.2, -0.15) is 9.78 Å². The van der Waals surface area contributed by atoms with Crippen molar-refractivity contribution in [1.29, 1.82) is 0 Å². The van der Waals surface area contributed by atoms with Gasteiger partial charge >= 0.3 is 0 Å². The number of amides is 1. The Hall–Kier alpha value is -4.12. The van der Waals surface area contributed by atoms with Crippen LogP contribution in [0.4, 0.5) is 5.82 Å². The van der Waals surface area contributed by atoms with Gasteiger partial charge in [-0.25, -0.2) is 10.1 Å². The minimum atomic E-state index is -0.504. The van der Waals surface area contributed by atoms with E-state index in [1.807, 2.05) is 56.3 Å². The van der Waals surface area contributed by atoms with Gasteiger partial charge in [0.15, 0.2) is 5.69 Å². The molecule has 4 rings (SSSR count). The number of anilines is 1. The van der Waals surface area contributed by atoms with Gasteiger partial charge in [0.05, 0.1) is 6.21 Å². The van der Waals surface area contributed by atoms with Gasteiger partial charge in [-0.1, -0.05) is 61.5 Å². The van der Waals surface area contributed by atoms with Gasteiger partial charge in [-0.15, -0.1) is 5.10 Å². The number of nitrogen functional groups attached to an aromatic ring is 1. The average Bonchev–Trinajstić information content (AvgIpc) is 3.43. The SMILES string of the molecule is CCN(CC)Cc1nnn(-c2nonc2N)c1C(=O)NN=Cc1cccc2ccccc12. The van der Waals surface area contributed by atoms with Crippen molar-refractivity contribution in [1.82, 2.24) is 35.6 Å². The number of hydrogen-bond donors (Lipinski definition) is 2. The van der Waals surface area contributed by atoms with E-state index in [1.165, 1.54) is 4.68 Å². The lowest BCUT2D eigenvalue weighted by Crippen LogP contribution is -2.27. The highest BCUT2D eigenvalue weighted by Crippen LogP contribution is 2.18. The van der Waals surface area contributed by atoms with E-state index >= 15 is 0 Å². The fraction of sp³-hybridized carbons (Fsp3) is 0.238. The second-order valence-electron chi connectivity index (χ2n) is 7.00. The summed E-state index contributed by atoms with van der Waals surface area (Å²) >= 11 is 0. The zero-order valence-electron chi connectivity index (χ0n) is 17.8. The molecule has 2 aromatic carbocycles. The third-order valence-electron chi connectivity index (χ3n) is 5.11. The predicted octanol–water partition coefficient (Wildman–Crippen LogP) is 1.99.